The predicted molar refractivity (Wildman–Crippen MR) is 123 cm³/mol. The van der Waals surface area contributed by atoms with Gasteiger partial charge in [0.2, 0.25) is 5.91 Å². The van der Waals surface area contributed by atoms with Gasteiger partial charge in [-0.15, -0.1) is 11.8 Å². The van der Waals surface area contributed by atoms with E-state index < -0.39 is 4.92 Å². The number of benzene rings is 3. The van der Waals surface area contributed by atoms with Gasteiger partial charge in [0.25, 0.3) is 11.6 Å². The van der Waals surface area contributed by atoms with Gasteiger partial charge in [-0.25, -0.2) is 0 Å². The highest BCUT2D eigenvalue weighted by molar-refractivity contribution is 8.00. The zero-order chi connectivity index (χ0) is 22.4. The molecule has 10 heteroatoms. The second-order valence-corrected chi connectivity index (χ2v) is 8.11. The van der Waals surface area contributed by atoms with Gasteiger partial charge < -0.3 is 10.6 Å². The largest absolute Gasteiger partial charge is 0.325 e. The van der Waals surface area contributed by atoms with Crippen LogP contribution in [-0.4, -0.2) is 22.5 Å². The minimum atomic E-state index is -0.525. The standard InChI is InChI=1S/C21H15Cl2N3O4S/c22-18-10-5-15(11-19(18)23)24-20(27)12-31-17-8-3-14(4-9-17)25-21(28)13-1-6-16(7-2-13)26(29)30/h1-11H,12H2,(H,24,27)(H,25,28). The maximum absolute atomic E-state index is 12.3. The second kappa shape index (κ2) is 10.3. The molecule has 0 aromatic heterocycles. The Morgan fingerprint density at radius 1 is 0.871 bits per heavy atom. The summed E-state index contributed by atoms with van der Waals surface area (Å²) in [6.45, 7) is 0. The Kier molecular flexibility index (Phi) is 7.51. The summed E-state index contributed by atoms with van der Waals surface area (Å²) in [7, 11) is 0. The molecule has 2 N–H and O–H groups in total. The van der Waals surface area contributed by atoms with Crippen molar-refractivity contribution >= 4 is 63.8 Å². The summed E-state index contributed by atoms with van der Waals surface area (Å²) in [5.41, 5.74) is 1.35. The molecule has 0 radical (unpaired) electrons. The maximum atomic E-state index is 12.3. The van der Waals surface area contributed by atoms with Crippen LogP contribution in [0.15, 0.2) is 71.6 Å². The molecule has 0 saturated heterocycles. The van der Waals surface area contributed by atoms with Crippen molar-refractivity contribution in [3.8, 4) is 0 Å². The smallest absolute Gasteiger partial charge is 0.269 e. The fraction of sp³-hybridized carbons (Fsp3) is 0.0476. The highest BCUT2D eigenvalue weighted by Gasteiger charge is 2.10. The Morgan fingerprint density at radius 3 is 2.13 bits per heavy atom. The quantitative estimate of drug-likeness (QED) is 0.252. The first-order chi connectivity index (χ1) is 14.8. The van der Waals surface area contributed by atoms with E-state index in [4.69, 9.17) is 23.2 Å². The van der Waals surface area contributed by atoms with E-state index in [0.717, 1.165) is 4.90 Å². The van der Waals surface area contributed by atoms with E-state index in [9.17, 15) is 19.7 Å². The number of nitro benzene ring substituents is 1. The fourth-order valence-corrected chi connectivity index (χ4v) is 3.49. The van der Waals surface area contributed by atoms with Crippen LogP contribution in [0.4, 0.5) is 17.1 Å². The predicted octanol–water partition coefficient (Wildman–Crippen LogP) is 5.88. The maximum Gasteiger partial charge on any atom is 0.269 e. The van der Waals surface area contributed by atoms with E-state index in [0.29, 0.717) is 27.0 Å². The molecule has 3 aromatic rings. The molecule has 0 saturated carbocycles. The summed E-state index contributed by atoms with van der Waals surface area (Å²) in [5, 5.41) is 16.9. The van der Waals surface area contributed by atoms with Crippen molar-refractivity contribution in [3.63, 3.8) is 0 Å². The van der Waals surface area contributed by atoms with Crippen LogP contribution in [0.1, 0.15) is 10.4 Å². The average molecular weight is 476 g/mol. The van der Waals surface area contributed by atoms with Crippen molar-refractivity contribution in [1.29, 1.82) is 0 Å². The number of nitro groups is 1. The van der Waals surface area contributed by atoms with Gasteiger partial charge in [-0.05, 0) is 54.6 Å². The lowest BCUT2D eigenvalue weighted by atomic mass is 10.2. The molecule has 31 heavy (non-hydrogen) atoms. The van der Waals surface area contributed by atoms with Crippen LogP contribution < -0.4 is 10.6 Å². The molecule has 0 aliphatic rings. The molecule has 0 spiro atoms. The van der Waals surface area contributed by atoms with Gasteiger partial charge in [0.05, 0.1) is 20.7 Å². The molecule has 3 rings (SSSR count). The van der Waals surface area contributed by atoms with Gasteiger partial charge in [-0.1, -0.05) is 23.2 Å². The summed E-state index contributed by atoms with van der Waals surface area (Å²) in [6.07, 6.45) is 0. The van der Waals surface area contributed by atoms with E-state index in [2.05, 4.69) is 10.6 Å². The third-order valence-electron chi connectivity index (χ3n) is 4.03. The Morgan fingerprint density at radius 2 is 1.52 bits per heavy atom. The van der Waals surface area contributed by atoms with Crippen LogP contribution in [0, 0.1) is 10.1 Å². The van der Waals surface area contributed by atoms with E-state index >= 15 is 0 Å². The van der Waals surface area contributed by atoms with Crippen LogP contribution in [0.2, 0.25) is 10.0 Å². The third-order valence-corrected chi connectivity index (χ3v) is 5.78. The number of nitrogens with zero attached hydrogens (tertiary/aromatic N) is 1. The molecule has 7 nitrogen and oxygen atoms in total. The van der Waals surface area contributed by atoms with E-state index in [1.165, 1.54) is 36.0 Å². The van der Waals surface area contributed by atoms with Crippen molar-refractivity contribution in [2.24, 2.45) is 0 Å². The molecule has 2 amide bonds. The van der Waals surface area contributed by atoms with Gasteiger partial charge >= 0.3 is 0 Å². The molecule has 0 fully saturated rings. The summed E-state index contributed by atoms with van der Waals surface area (Å²) in [6, 6.07) is 17.2. The van der Waals surface area contributed by atoms with Crippen molar-refractivity contribution in [3.05, 3.63) is 92.5 Å². The number of hydrogen-bond donors (Lipinski definition) is 2. The second-order valence-electron chi connectivity index (χ2n) is 6.25. The minimum absolute atomic E-state index is 0.0823. The zero-order valence-electron chi connectivity index (χ0n) is 15.8. The van der Waals surface area contributed by atoms with E-state index in [1.807, 2.05) is 0 Å². The van der Waals surface area contributed by atoms with E-state index in [1.54, 1.807) is 42.5 Å². The molecule has 3 aromatic carbocycles. The molecule has 0 aliphatic heterocycles. The van der Waals surface area contributed by atoms with Crippen molar-refractivity contribution in [1.82, 2.24) is 0 Å². The fourth-order valence-electron chi connectivity index (χ4n) is 2.49. The van der Waals surface area contributed by atoms with Crippen LogP contribution in [0.5, 0.6) is 0 Å². The topological polar surface area (TPSA) is 101 Å². The summed E-state index contributed by atoms with van der Waals surface area (Å²) in [5.74, 6) is -0.385. The lowest BCUT2D eigenvalue weighted by molar-refractivity contribution is -0.384. The molecule has 158 valence electrons. The van der Waals surface area contributed by atoms with Crippen LogP contribution in [0.25, 0.3) is 0 Å². The molecular formula is C21H15Cl2N3O4S. The normalized spacial score (nSPS) is 10.4. The number of anilines is 2. The molecule has 0 aliphatic carbocycles. The SMILES string of the molecule is O=C(CSc1ccc(NC(=O)c2ccc([N+](=O)[O-])cc2)cc1)Nc1ccc(Cl)c(Cl)c1. The lowest BCUT2D eigenvalue weighted by Gasteiger charge is -2.08. The molecular weight excluding hydrogens is 461 g/mol. The molecule has 0 bridgehead atoms. The molecule has 0 unspecified atom stereocenters. The third kappa shape index (κ3) is 6.45. The number of carbonyl (C=O) groups is 2. The Hall–Kier alpha value is -3.07. The van der Waals surface area contributed by atoms with Crippen molar-refractivity contribution in [2.75, 3.05) is 16.4 Å². The first-order valence-corrected chi connectivity index (χ1v) is 10.6. The van der Waals surface area contributed by atoms with Gasteiger partial charge in [0, 0.05) is 34.0 Å². The first kappa shape index (κ1) is 22.6. The zero-order valence-corrected chi connectivity index (χ0v) is 18.1. The van der Waals surface area contributed by atoms with Crippen LogP contribution >= 0.6 is 35.0 Å². The number of hydrogen-bond acceptors (Lipinski definition) is 5. The number of rotatable bonds is 7. The minimum Gasteiger partial charge on any atom is -0.325 e. The summed E-state index contributed by atoms with van der Waals surface area (Å²) >= 11 is 13.1. The molecule has 0 heterocycles. The van der Waals surface area contributed by atoms with Gasteiger partial charge in [0.1, 0.15) is 0 Å². The van der Waals surface area contributed by atoms with Gasteiger partial charge in [-0.2, -0.15) is 0 Å². The summed E-state index contributed by atoms with van der Waals surface area (Å²) in [4.78, 5) is 35.4. The average Bonchev–Trinajstić information content (AvgIpc) is 2.76. The van der Waals surface area contributed by atoms with E-state index in [-0.39, 0.29) is 23.3 Å². The van der Waals surface area contributed by atoms with Gasteiger partial charge in [-0.3, -0.25) is 19.7 Å². The highest BCUT2D eigenvalue weighted by Crippen LogP contribution is 2.26. The number of halogens is 2. The number of nitrogens with one attached hydrogen (secondary N) is 2. The Balaban J connectivity index is 1.51. The first-order valence-electron chi connectivity index (χ1n) is 8.85. The Bertz CT molecular complexity index is 1120. The Labute approximate surface area is 191 Å². The molecule has 0 atom stereocenters. The van der Waals surface area contributed by atoms with Gasteiger partial charge in [0.15, 0.2) is 0 Å². The number of non-ortho nitro benzene ring substituents is 1. The van der Waals surface area contributed by atoms with Crippen molar-refractivity contribution < 1.29 is 14.5 Å². The lowest BCUT2D eigenvalue weighted by Crippen LogP contribution is -2.14. The number of carbonyl (C=O) groups excluding carboxylic acids is 2. The monoisotopic (exact) mass is 475 g/mol. The van der Waals surface area contributed by atoms with Crippen LogP contribution in [0.3, 0.4) is 0 Å². The highest BCUT2D eigenvalue weighted by atomic mass is 35.5. The van der Waals surface area contributed by atoms with Crippen molar-refractivity contribution in [2.45, 2.75) is 4.90 Å². The number of thioether (sulfide) groups is 1. The summed E-state index contributed by atoms with van der Waals surface area (Å²) < 4.78 is 0. The van der Waals surface area contributed by atoms with Crippen LogP contribution in [-0.2, 0) is 4.79 Å². The number of amides is 2.